The Morgan fingerprint density at radius 3 is 2.30 bits per heavy atom. The van der Waals surface area contributed by atoms with Crippen LogP contribution in [0.15, 0.2) is 17.0 Å². The Kier molecular flexibility index (Phi) is 5.42. The minimum Gasteiger partial charge on any atom is -0.314 e. The number of benzene rings is 1. The second-order valence-electron chi connectivity index (χ2n) is 4.37. The molecule has 0 radical (unpaired) electrons. The molecule has 1 aromatic carbocycles. The van der Waals surface area contributed by atoms with Gasteiger partial charge in [0.15, 0.2) is 4.90 Å². The third-order valence-corrected chi connectivity index (χ3v) is 5.04. The van der Waals surface area contributed by atoms with Crippen molar-refractivity contribution in [3.8, 4) is 0 Å². The van der Waals surface area contributed by atoms with Crippen LogP contribution in [0.2, 0.25) is 0 Å². The summed E-state index contributed by atoms with van der Waals surface area (Å²) in [7, 11) is -4.31. The van der Waals surface area contributed by atoms with E-state index in [9.17, 15) is 21.6 Å². The lowest BCUT2D eigenvalue weighted by atomic mass is 10.3. The predicted octanol–water partition coefficient (Wildman–Crippen LogP) is 1.51. The second kappa shape index (κ2) is 6.30. The lowest BCUT2D eigenvalue weighted by Crippen LogP contribution is -2.52. The van der Waals surface area contributed by atoms with Gasteiger partial charge in [0.25, 0.3) is 0 Å². The van der Waals surface area contributed by atoms with Gasteiger partial charge < -0.3 is 5.32 Å². The predicted molar refractivity (Wildman–Crippen MR) is 69.8 cm³/mol. The number of rotatable bonds is 2. The van der Waals surface area contributed by atoms with E-state index in [2.05, 4.69) is 5.32 Å². The molecule has 0 bridgehead atoms. The van der Waals surface area contributed by atoms with Crippen LogP contribution in [0.25, 0.3) is 0 Å². The molecule has 1 saturated heterocycles. The van der Waals surface area contributed by atoms with Gasteiger partial charge in [0, 0.05) is 37.8 Å². The zero-order valence-corrected chi connectivity index (χ0v) is 12.2. The van der Waals surface area contributed by atoms with Crippen molar-refractivity contribution in [1.82, 2.24) is 9.62 Å². The standard InChI is InChI=1S/C11H13F3N2O2S.ClH/c1-7-6-15-2-3-16(7)19(17,18)11-9(13)4-8(12)5-10(11)14;/h4-5,7,15H,2-3,6H2,1H3;1H/t7-;/m1./s1. The van der Waals surface area contributed by atoms with Crippen LogP contribution in [0, 0.1) is 17.5 Å². The Balaban J connectivity index is 0.00000200. The molecule has 0 amide bonds. The Bertz CT molecular complexity index is 574. The molecule has 1 heterocycles. The number of piperazine rings is 1. The fourth-order valence-corrected chi connectivity index (χ4v) is 3.80. The van der Waals surface area contributed by atoms with E-state index in [0.717, 1.165) is 4.31 Å². The monoisotopic (exact) mass is 330 g/mol. The van der Waals surface area contributed by atoms with Crippen LogP contribution in [-0.4, -0.2) is 38.4 Å². The van der Waals surface area contributed by atoms with Crippen LogP contribution in [0.4, 0.5) is 13.2 Å². The van der Waals surface area contributed by atoms with E-state index in [1.807, 2.05) is 0 Å². The summed E-state index contributed by atoms with van der Waals surface area (Å²) in [5, 5.41) is 2.97. The van der Waals surface area contributed by atoms with Gasteiger partial charge in [-0.25, -0.2) is 21.6 Å². The quantitative estimate of drug-likeness (QED) is 0.894. The van der Waals surface area contributed by atoms with Gasteiger partial charge in [0.2, 0.25) is 10.0 Å². The molecule has 20 heavy (non-hydrogen) atoms. The SMILES string of the molecule is C[C@@H]1CNCCN1S(=O)(=O)c1c(F)cc(F)cc1F.Cl. The smallest absolute Gasteiger partial charge is 0.249 e. The first-order valence-corrected chi connectivity index (χ1v) is 7.15. The normalized spacial score (nSPS) is 20.5. The van der Waals surface area contributed by atoms with Gasteiger partial charge in [-0.1, -0.05) is 0 Å². The third kappa shape index (κ3) is 3.08. The Labute approximate surface area is 121 Å². The first kappa shape index (κ1) is 17.2. The topological polar surface area (TPSA) is 49.4 Å². The van der Waals surface area contributed by atoms with Crippen molar-refractivity contribution in [2.24, 2.45) is 0 Å². The Morgan fingerprint density at radius 1 is 1.25 bits per heavy atom. The van der Waals surface area contributed by atoms with Crippen molar-refractivity contribution in [2.45, 2.75) is 17.9 Å². The van der Waals surface area contributed by atoms with Crippen LogP contribution >= 0.6 is 12.4 Å². The molecule has 0 saturated carbocycles. The van der Waals surface area contributed by atoms with Crippen molar-refractivity contribution in [3.05, 3.63) is 29.6 Å². The third-order valence-electron chi connectivity index (χ3n) is 2.97. The average molecular weight is 331 g/mol. The van der Waals surface area contributed by atoms with E-state index in [1.54, 1.807) is 6.92 Å². The van der Waals surface area contributed by atoms with Crippen molar-refractivity contribution in [1.29, 1.82) is 0 Å². The molecular weight excluding hydrogens is 317 g/mol. The number of nitrogens with zero attached hydrogens (tertiary/aromatic N) is 1. The van der Waals surface area contributed by atoms with Gasteiger partial charge in [-0.05, 0) is 6.92 Å². The van der Waals surface area contributed by atoms with Crippen LogP contribution in [0.1, 0.15) is 6.92 Å². The summed E-state index contributed by atoms with van der Waals surface area (Å²) < 4.78 is 65.5. The van der Waals surface area contributed by atoms with Gasteiger partial charge in [0.1, 0.15) is 17.5 Å². The number of hydrogen-bond acceptors (Lipinski definition) is 3. The van der Waals surface area contributed by atoms with Crippen LogP contribution in [-0.2, 0) is 10.0 Å². The molecule has 0 spiro atoms. The summed E-state index contributed by atoms with van der Waals surface area (Å²) in [6.45, 7) is 2.53. The van der Waals surface area contributed by atoms with Crippen LogP contribution in [0.3, 0.4) is 0 Å². The van der Waals surface area contributed by atoms with Crippen LogP contribution in [0.5, 0.6) is 0 Å². The van der Waals surface area contributed by atoms with Crippen molar-refractivity contribution in [2.75, 3.05) is 19.6 Å². The largest absolute Gasteiger partial charge is 0.314 e. The Hall–Kier alpha value is -0.830. The van der Waals surface area contributed by atoms with E-state index >= 15 is 0 Å². The molecule has 114 valence electrons. The van der Waals surface area contributed by atoms with Crippen molar-refractivity contribution in [3.63, 3.8) is 0 Å². The highest BCUT2D eigenvalue weighted by atomic mass is 35.5. The highest BCUT2D eigenvalue weighted by molar-refractivity contribution is 7.89. The van der Waals surface area contributed by atoms with E-state index in [1.165, 1.54) is 0 Å². The summed E-state index contributed by atoms with van der Waals surface area (Å²) >= 11 is 0. The highest BCUT2D eigenvalue weighted by Gasteiger charge is 2.35. The van der Waals surface area contributed by atoms with Gasteiger partial charge in [-0.15, -0.1) is 12.4 Å². The number of nitrogens with one attached hydrogen (secondary N) is 1. The van der Waals surface area contributed by atoms with Gasteiger partial charge >= 0.3 is 0 Å². The minimum atomic E-state index is -4.31. The van der Waals surface area contributed by atoms with Crippen molar-refractivity contribution < 1.29 is 21.6 Å². The molecule has 1 aliphatic heterocycles. The molecule has 0 aliphatic carbocycles. The number of sulfonamides is 1. The van der Waals surface area contributed by atoms with Crippen molar-refractivity contribution >= 4 is 22.4 Å². The Morgan fingerprint density at radius 2 is 1.80 bits per heavy atom. The molecule has 4 nitrogen and oxygen atoms in total. The fourth-order valence-electron chi connectivity index (χ4n) is 2.07. The molecule has 1 fully saturated rings. The summed E-state index contributed by atoms with van der Waals surface area (Å²) in [5.41, 5.74) is 0. The first-order valence-electron chi connectivity index (χ1n) is 5.71. The summed E-state index contributed by atoms with van der Waals surface area (Å²) in [5.74, 6) is -3.98. The molecule has 0 aromatic heterocycles. The lowest BCUT2D eigenvalue weighted by Gasteiger charge is -2.32. The van der Waals surface area contributed by atoms with Gasteiger partial charge in [0.05, 0.1) is 0 Å². The molecule has 9 heteroatoms. The molecule has 0 unspecified atom stereocenters. The van der Waals surface area contributed by atoms with Crippen LogP contribution < -0.4 is 5.32 Å². The zero-order chi connectivity index (χ0) is 14.2. The molecule has 1 atom stereocenters. The number of halogens is 4. The number of hydrogen-bond donors (Lipinski definition) is 1. The molecule has 1 N–H and O–H groups in total. The zero-order valence-electron chi connectivity index (χ0n) is 10.6. The summed E-state index contributed by atoms with van der Waals surface area (Å²) in [6.07, 6.45) is 0. The fraction of sp³-hybridized carbons (Fsp3) is 0.455. The van der Waals surface area contributed by atoms with E-state index in [-0.39, 0.29) is 19.0 Å². The van der Waals surface area contributed by atoms with E-state index < -0.39 is 38.4 Å². The van der Waals surface area contributed by atoms with E-state index in [4.69, 9.17) is 0 Å². The highest BCUT2D eigenvalue weighted by Crippen LogP contribution is 2.25. The average Bonchev–Trinajstić information content (AvgIpc) is 2.27. The van der Waals surface area contributed by atoms with Gasteiger partial charge in [-0.3, -0.25) is 0 Å². The minimum absolute atomic E-state index is 0. The summed E-state index contributed by atoms with van der Waals surface area (Å²) in [6, 6.07) is 0.300. The molecule has 2 rings (SSSR count). The molecular formula is C11H14ClF3N2O2S. The maximum atomic E-state index is 13.6. The first-order chi connectivity index (χ1) is 8.84. The maximum Gasteiger partial charge on any atom is 0.249 e. The van der Waals surface area contributed by atoms with Gasteiger partial charge in [-0.2, -0.15) is 4.31 Å². The van der Waals surface area contributed by atoms with E-state index in [0.29, 0.717) is 25.2 Å². The lowest BCUT2D eigenvalue weighted by molar-refractivity contribution is 0.281. The maximum absolute atomic E-state index is 13.6. The molecule has 1 aromatic rings. The summed E-state index contributed by atoms with van der Waals surface area (Å²) in [4.78, 5) is -1.09. The molecule has 1 aliphatic rings. The second-order valence-corrected chi connectivity index (χ2v) is 6.19.